The van der Waals surface area contributed by atoms with Crippen molar-refractivity contribution in [3.05, 3.63) is 79.5 Å². The van der Waals surface area contributed by atoms with Crippen LogP contribution < -0.4 is 9.64 Å². The van der Waals surface area contributed by atoms with E-state index in [0.717, 1.165) is 22.6 Å². The average molecular weight is 681 g/mol. The van der Waals surface area contributed by atoms with Gasteiger partial charge in [-0.25, -0.2) is 9.69 Å². The SMILES string of the molecule is COc1cc(C2C3=CCC4C(=O)N(c5ccc(C(=O)O)c(O)c5)C(=O)C4C3CC3=C2C(=O)C(C)=CC3=O)cc(I)c1O. The van der Waals surface area contributed by atoms with E-state index >= 15 is 0 Å². The number of benzene rings is 2. The molecule has 2 aromatic carbocycles. The van der Waals surface area contributed by atoms with Crippen molar-refractivity contribution in [3.8, 4) is 17.2 Å². The number of carbonyl (C=O) groups excluding carboxylic acids is 4. The Morgan fingerprint density at radius 1 is 1.05 bits per heavy atom. The molecular weight excluding hydrogens is 657 g/mol. The summed E-state index contributed by atoms with van der Waals surface area (Å²) in [5.74, 6) is -6.28. The number of carbonyl (C=O) groups is 5. The Bertz CT molecular complexity index is 1750. The van der Waals surface area contributed by atoms with Crippen molar-refractivity contribution < 1.29 is 44.0 Å². The summed E-state index contributed by atoms with van der Waals surface area (Å²) in [6.45, 7) is 1.59. The molecule has 0 radical (unpaired) electrons. The number of ether oxygens (including phenoxy) is 1. The number of aromatic carboxylic acids is 1. The van der Waals surface area contributed by atoms with Gasteiger partial charge in [0.05, 0.1) is 28.2 Å². The van der Waals surface area contributed by atoms with Gasteiger partial charge in [0.15, 0.2) is 23.1 Å². The highest BCUT2D eigenvalue weighted by Crippen LogP contribution is 2.56. The molecule has 11 heteroatoms. The van der Waals surface area contributed by atoms with Gasteiger partial charge in [0.25, 0.3) is 0 Å². The van der Waals surface area contributed by atoms with E-state index in [2.05, 4.69) is 0 Å². The molecule has 0 spiro atoms. The van der Waals surface area contributed by atoms with Crippen LogP contribution in [-0.4, -0.2) is 51.8 Å². The van der Waals surface area contributed by atoms with Gasteiger partial charge in [-0.2, -0.15) is 0 Å². The number of phenols is 2. The summed E-state index contributed by atoms with van der Waals surface area (Å²) in [5.41, 5.74) is 1.96. The topological polar surface area (TPSA) is 159 Å². The lowest BCUT2D eigenvalue weighted by Crippen LogP contribution is -2.39. The average Bonchev–Trinajstić information content (AvgIpc) is 3.21. The number of rotatable bonds is 4. The molecule has 1 heterocycles. The number of hydrogen-bond donors (Lipinski definition) is 3. The molecule has 4 aliphatic rings. The van der Waals surface area contributed by atoms with Crippen molar-refractivity contribution in [2.24, 2.45) is 17.8 Å². The van der Waals surface area contributed by atoms with Crippen LogP contribution in [0.1, 0.15) is 41.6 Å². The van der Waals surface area contributed by atoms with E-state index in [0.29, 0.717) is 25.9 Å². The van der Waals surface area contributed by atoms with Gasteiger partial charge in [-0.15, -0.1) is 0 Å². The Morgan fingerprint density at radius 2 is 1.79 bits per heavy atom. The number of nitrogens with zero attached hydrogens (tertiary/aromatic N) is 1. The molecule has 1 aliphatic heterocycles. The highest BCUT2D eigenvalue weighted by Gasteiger charge is 2.56. The number of aromatic hydroxyl groups is 2. The van der Waals surface area contributed by atoms with Crippen LogP contribution in [0.15, 0.2) is 64.8 Å². The van der Waals surface area contributed by atoms with Crippen LogP contribution in [0.2, 0.25) is 0 Å². The van der Waals surface area contributed by atoms with Crippen LogP contribution in [-0.2, 0) is 19.2 Å². The molecule has 4 unspecified atom stereocenters. The zero-order chi connectivity index (χ0) is 30.2. The lowest BCUT2D eigenvalue weighted by Gasteiger charge is -2.42. The van der Waals surface area contributed by atoms with Gasteiger partial charge in [-0.05, 0) is 84.2 Å². The number of imide groups is 1. The summed E-state index contributed by atoms with van der Waals surface area (Å²) in [7, 11) is 1.41. The highest BCUT2D eigenvalue weighted by molar-refractivity contribution is 14.1. The zero-order valence-electron chi connectivity index (χ0n) is 22.4. The minimum atomic E-state index is -1.35. The lowest BCUT2D eigenvalue weighted by atomic mass is 9.59. The van der Waals surface area contributed by atoms with E-state index in [-0.39, 0.29) is 47.2 Å². The molecule has 1 saturated heterocycles. The molecule has 214 valence electrons. The van der Waals surface area contributed by atoms with Gasteiger partial charge in [0, 0.05) is 28.7 Å². The first-order valence-corrected chi connectivity index (χ1v) is 14.2. The van der Waals surface area contributed by atoms with Crippen molar-refractivity contribution in [3.63, 3.8) is 0 Å². The first-order chi connectivity index (χ1) is 19.9. The predicted molar refractivity (Wildman–Crippen MR) is 156 cm³/mol. The number of anilines is 1. The van der Waals surface area contributed by atoms with Gasteiger partial charge >= 0.3 is 5.97 Å². The second-order valence-corrected chi connectivity index (χ2v) is 12.0. The molecular formula is C31H24INO9. The number of methoxy groups -OCH3 is 1. The number of Topliss-reactive ketones (excluding diaryl/α,β-unsaturated/α-hetero) is 1. The fourth-order valence-corrected chi connectivity index (χ4v) is 7.38. The maximum absolute atomic E-state index is 14.0. The van der Waals surface area contributed by atoms with Crippen LogP contribution in [0.3, 0.4) is 0 Å². The van der Waals surface area contributed by atoms with Gasteiger partial charge < -0.3 is 20.1 Å². The van der Waals surface area contributed by atoms with Crippen LogP contribution in [0, 0.1) is 21.3 Å². The monoisotopic (exact) mass is 681 g/mol. The number of ketones is 2. The molecule has 2 amide bonds. The van der Waals surface area contributed by atoms with E-state index in [1.165, 1.54) is 19.3 Å². The van der Waals surface area contributed by atoms with Crippen molar-refractivity contribution in [1.29, 1.82) is 0 Å². The predicted octanol–water partition coefficient (Wildman–Crippen LogP) is 4.04. The van der Waals surface area contributed by atoms with E-state index in [9.17, 15) is 39.3 Å². The third-order valence-electron chi connectivity index (χ3n) is 8.64. The van der Waals surface area contributed by atoms with Crippen LogP contribution in [0.4, 0.5) is 5.69 Å². The number of phenolic OH excluding ortho intramolecular Hbond substituents is 1. The van der Waals surface area contributed by atoms with Crippen LogP contribution in [0.5, 0.6) is 17.2 Å². The summed E-state index contributed by atoms with van der Waals surface area (Å²) in [6.07, 6.45) is 3.47. The standard InChI is InChI=1S/C31H24INO9/c1-12-7-21(34)19-11-18-15(24(26(19)27(12)36)13-8-20(32)28(37)23(9-13)42-2)5-6-17-25(18)30(39)33(29(17)38)14-3-4-16(31(40)41)22(35)10-14/h3-5,7-10,17-18,24-25,35,37H,6,11H2,1-2H3,(H,40,41). The second-order valence-electron chi connectivity index (χ2n) is 10.8. The van der Waals surface area contributed by atoms with Gasteiger partial charge in [0.2, 0.25) is 11.8 Å². The minimum Gasteiger partial charge on any atom is -0.507 e. The summed E-state index contributed by atoms with van der Waals surface area (Å²) in [6, 6.07) is 6.85. The number of allylic oxidation sites excluding steroid dienone is 6. The second kappa shape index (κ2) is 9.93. The fourth-order valence-electron chi connectivity index (χ4n) is 6.75. The number of fused-ring (bicyclic) bond motifs is 3. The van der Waals surface area contributed by atoms with Crippen molar-refractivity contribution >= 4 is 57.6 Å². The highest BCUT2D eigenvalue weighted by atomic mass is 127. The Hall–Kier alpha value is -4.26. The fraction of sp³-hybridized carbons (Fsp3) is 0.258. The minimum absolute atomic E-state index is 0.0519. The molecule has 3 N–H and O–H groups in total. The van der Waals surface area contributed by atoms with E-state index in [4.69, 9.17) is 4.74 Å². The first kappa shape index (κ1) is 27.9. The number of amides is 2. The number of carboxylic acids is 1. The molecule has 4 atom stereocenters. The van der Waals surface area contributed by atoms with E-state index in [1.807, 2.05) is 28.7 Å². The maximum atomic E-state index is 14.0. The normalized spacial score (nSPS) is 25.1. The smallest absolute Gasteiger partial charge is 0.339 e. The molecule has 0 saturated carbocycles. The largest absolute Gasteiger partial charge is 0.507 e. The summed E-state index contributed by atoms with van der Waals surface area (Å²) >= 11 is 1.96. The summed E-state index contributed by atoms with van der Waals surface area (Å²) in [4.78, 5) is 66.8. The van der Waals surface area contributed by atoms with Crippen molar-refractivity contribution in [1.82, 2.24) is 0 Å². The molecule has 1 fully saturated rings. The van der Waals surface area contributed by atoms with Crippen molar-refractivity contribution in [2.75, 3.05) is 12.0 Å². The van der Waals surface area contributed by atoms with Gasteiger partial charge in [0.1, 0.15) is 11.3 Å². The van der Waals surface area contributed by atoms with Crippen LogP contribution in [0.25, 0.3) is 0 Å². The Morgan fingerprint density at radius 3 is 2.45 bits per heavy atom. The molecule has 0 bridgehead atoms. The van der Waals surface area contributed by atoms with Crippen molar-refractivity contribution in [2.45, 2.75) is 25.7 Å². The number of halogens is 1. The Labute approximate surface area is 253 Å². The molecule has 2 aromatic rings. The molecule has 3 aliphatic carbocycles. The molecule has 6 rings (SSSR count). The van der Waals surface area contributed by atoms with E-state index < -0.39 is 47.2 Å². The Kier molecular flexibility index (Phi) is 6.59. The third kappa shape index (κ3) is 4.01. The summed E-state index contributed by atoms with van der Waals surface area (Å²) < 4.78 is 5.86. The number of carboxylic acid groups (broad SMARTS) is 1. The molecule has 10 nitrogen and oxygen atoms in total. The Balaban J connectivity index is 1.48. The molecule has 0 aromatic heterocycles. The third-order valence-corrected chi connectivity index (χ3v) is 9.46. The first-order valence-electron chi connectivity index (χ1n) is 13.1. The number of hydrogen-bond acceptors (Lipinski definition) is 8. The lowest BCUT2D eigenvalue weighted by molar-refractivity contribution is -0.123. The van der Waals surface area contributed by atoms with E-state index in [1.54, 1.807) is 19.1 Å². The zero-order valence-corrected chi connectivity index (χ0v) is 24.5. The maximum Gasteiger partial charge on any atom is 0.339 e. The quantitative estimate of drug-likeness (QED) is 0.188. The van der Waals surface area contributed by atoms with Crippen LogP contribution >= 0.6 is 22.6 Å². The summed E-state index contributed by atoms with van der Waals surface area (Å²) in [5, 5.41) is 30.0. The van der Waals surface area contributed by atoms with Gasteiger partial charge in [-0.3, -0.25) is 19.2 Å². The molecule has 42 heavy (non-hydrogen) atoms. The van der Waals surface area contributed by atoms with Gasteiger partial charge in [-0.1, -0.05) is 11.6 Å².